The van der Waals surface area contributed by atoms with E-state index in [-0.39, 0.29) is 0 Å². The van der Waals surface area contributed by atoms with Crippen LogP contribution < -0.4 is 0 Å². The summed E-state index contributed by atoms with van der Waals surface area (Å²) in [5, 5.41) is 0. The van der Waals surface area contributed by atoms with Crippen molar-refractivity contribution in [2.24, 2.45) is 0 Å². The normalized spacial score (nSPS) is 8.23. The van der Waals surface area contributed by atoms with Crippen LogP contribution in [0.2, 0.25) is 0 Å². The Bertz CT molecular complexity index is 551. The smallest absolute Gasteiger partial charge is 0.143 e. The Labute approximate surface area is 160 Å². The Morgan fingerprint density at radius 2 is 1.08 bits per heavy atom. The van der Waals surface area contributed by atoms with Gasteiger partial charge in [-0.2, -0.15) is 0 Å². The quantitative estimate of drug-likeness (QED) is 0.440. The van der Waals surface area contributed by atoms with Gasteiger partial charge in [0.1, 0.15) is 12.1 Å². The first kappa shape index (κ1) is 25.8. The fourth-order valence-electron chi connectivity index (χ4n) is 1.91. The number of allylic oxidation sites excluding steroid dienone is 1. The first-order valence-corrected chi connectivity index (χ1v) is 9.50. The second kappa shape index (κ2) is 18.9. The zero-order chi connectivity index (χ0) is 20.2. The summed E-state index contributed by atoms with van der Waals surface area (Å²) in [7, 11) is 0. The molecule has 0 saturated carbocycles. The molecule has 0 aliphatic heterocycles. The van der Waals surface area contributed by atoms with Crippen molar-refractivity contribution in [2.75, 3.05) is 0 Å². The molecular weight excluding hydrogens is 320 g/mol. The van der Waals surface area contributed by atoms with Crippen LogP contribution in [0.25, 0.3) is 5.57 Å². The fraction of sp³-hybridized carbons (Fsp3) is 0.333. The standard InChI is InChI=1S/C15H12O.C5H10O.2C2H6/c16-12-11-15(13-7-3-1-4-8-13)14-9-5-2-6-10-14;1-3-5(6)4-2;2*1-2/h1-12H;3-4H2,1-2H3;2*1-2H3. The molecule has 0 aliphatic carbocycles. The van der Waals surface area contributed by atoms with Crippen molar-refractivity contribution in [3.05, 3.63) is 77.9 Å². The summed E-state index contributed by atoms with van der Waals surface area (Å²) in [6, 6.07) is 19.8. The van der Waals surface area contributed by atoms with Crippen LogP contribution in [-0.4, -0.2) is 12.1 Å². The van der Waals surface area contributed by atoms with Crippen LogP contribution in [0.4, 0.5) is 0 Å². The number of aldehydes is 1. The van der Waals surface area contributed by atoms with E-state index in [4.69, 9.17) is 0 Å². The summed E-state index contributed by atoms with van der Waals surface area (Å²) < 4.78 is 0. The first-order valence-electron chi connectivity index (χ1n) is 9.50. The Morgan fingerprint density at radius 1 is 0.731 bits per heavy atom. The summed E-state index contributed by atoms with van der Waals surface area (Å²) in [5.41, 5.74) is 3.07. The monoisotopic (exact) mass is 354 g/mol. The molecule has 2 rings (SSSR count). The Morgan fingerprint density at radius 3 is 1.31 bits per heavy atom. The van der Waals surface area contributed by atoms with E-state index >= 15 is 0 Å². The molecule has 26 heavy (non-hydrogen) atoms. The molecule has 2 aromatic carbocycles. The van der Waals surface area contributed by atoms with Gasteiger partial charge in [-0.15, -0.1) is 0 Å². The average Bonchev–Trinajstić information content (AvgIpc) is 2.76. The number of benzene rings is 2. The highest BCUT2D eigenvalue weighted by Gasteiger charge is 2.02. The molecule has 2 nitrogen and oxygen atoms in total. The number of carbonyl (C=O) groups excluding carboxylic acids is 2. The van der Waals surface area contributed by atoms with Crippen LogP contribution in [0.5, 0.6) is 0 Å². The highest BCUT2D eigenvalue weighted by molar-refractivity contribution is 5.89. The lowest BCUT2D eigenvalue weighted by Crippen LogP contribution is -1.88. The minimum Gasteiger partial charge on any atom is -0.300 e. The maximum Gasteiger partial charge on any atom is 0.143 e. The molecule has 0 radical (unpaired) electrons. The number of Topliss-reactive ketones (excluding diaryl/α,β-unsaturated/α-hetero) is 1. The topological polar surface area (TPSA) is 34.1 Å². The molecule has 0 bridgehead atoms. The van der Waals surface area contributed by atoms with Crippen molar-refractivity contribution in [3.63, 3.8) is 0 Å². The molecule has 0 heterocycles. The van der Waals surface area contributed by atoms with E-state index in [1.807, 2.05) is 102 Å². The molecule has 0 N–H and O–H groups in total. The molecule has 0 saturated heterocycles. The van der Waals surface area contributed by atoms with Gasteiger partial charge in [0.25, 0.3) is 0 Å². The second-order valence-electron chi connectivity index (χ2n) is 4.69. The van der Waals surface area contributed by atoms with Crippen LogP contribution in [0, 0.1) is 0 Å². The van der Waals surface area contributed by atoms with E-state index in [1.54, 1.807) is 6.08 Å². The molecule has 0 fully saturated rings. The largest absolute Gasteiger partial charge is 0.300 e. The van der Waals surface area contributed by atoms with E-state index in [1.165, 1.54) is 0 Å². The Balaban J connectivity index is 0. The van der Waals surface area contributed by atoms with Crippen LogP contribution >= 0.6 is 0 Å². The molecule has 0 aromatic heterocycles. The number of hydrogen-bond donors (Lipinski definition) is 0. The molecule has 0 amide bonds. The summed E-state index contributed by atoms with van der Waals surface area (Å²) in [4.78, 5) is 20.9. The van der Waals surface area contributed by atoms with Crippen molar-refractivity contribution < 1.29 is 9.59 Å². The highest BCUT2D eigenvalue weighted by Crippen LogP contribution is 2.22. The van der Waals surface area contributed by atoms with Gasteiger partial charge in [0.15, 0.2) is 0 Å². The third-order valence-electron chi connectivity index (χ3n) is 3.19. The third kappa shape index (κ3) is 11.1. The van der Waals surface area contributed by atoms with Crippen LogP contribution in [0.3, 0.4) is 0 Å². The summed E-state index contributed by atoms with van der Waals surface area (Å²) >= 11 is 0. The lowest BCUT2D eigenvalue weighted by atomic mass is 9.98. The van der Waals surface area contributed by atoms with E-state index in [0.29, 0.717) is 18.6 Å². The van der Waals surface area contributed by atoms with Gasteiger partial charge in [-0.25, -0.2) is 0 Å². The number of hydrogen-bond acceptors (Lipinski definition) is 2. The third-order valence-corrected chi connectivity index (χ3v) is 3.19. The number of ketones is 1. The summed E-state index contributed by atoms with van der Waals surface area (Å²) in [5.74, 6) is 0.343. The van der Waals surface area contributed by atoms with Crippen LogP contribution in [0.15, 0.2) is 66.7 Å². The van der Waals surface area contributed by atoms with Gasteiger partial charge in [-0.1, -0.05) is 102 Å². The number of rotatable bonds is 5. The summed E-state index contributed by atoms with van der Waals surface area (Å²) in [6.07, 6.45) is 3.81. The highest BCUT2D eigenvalue weighted by atomic mass is 16.1. The van der Waals surface area contributed by atoms with Crippen molar-refractivity contribution in [1.29, 1.82) is 0 Å². The predicted molar refractivity (Wildman–Crippen MR) is 114 cm³/mol. The van der Waals surface area contributed by atoms with E-state index in [2.05, 4.69) is 0 Å². The van der Waals surface area contributed by atoms with Gasteiger partial charge in [0.2, 0.25) is 0 Å². The minimum absolute atomic E-state index is 0.343. The van der Waals surface area contributed by atoms with Gasteiger partial charge in [-0.05, 0) is 22.8 Å². The van der Waals surface area contributed by atoms with Crippen molar-refractivity contribution in [3.8, 4) is 0 Å². The first-order chi connectivity index (χ1) is 12.7. The second-order valence-corrected chi connectivity index (χ2v) is 4.69. The zero-order valence-corrected chi connectivity index (χ0v) is 17.2. The van der Waals surface area contributed by atoms with Gasteiger partial charge >= 0.3 is 0 Å². The maximum absolute atomic E-state index is 10.7. The van der Waals surface area contributed by atoms with Gasteiger partial charge in [0.05, 0.1) is 0 Å². The lowest BCUT2D eigenvalue weighted by Gasteiger charge is -2.06. The molecule has 0 spiro atoms. The molecule has 2 heteroatoms. The number of carbonyl (C=O) groups is 2. The van der Waals surface area contributed by atoms with Crippen molar-refractivity contribution in [1.82, 2.24) is 0 Å². The minimum atomic E-state index is 0.343. The van der Waals surface area contributed by atoms with Crippen molar-refractivity contribution in [2.45, 2.75) is 54.4 Å². The zero-order valence-electron chi connectivity index (χ0n) is 17.2. The predicted octanol–water partition coefficient (Wildman–Crippen LogP) is 6.75. The van der Waals surface area contributed by atoms with Gasteiger partial charge in [-0.3, -0.25) is 9.59 Å². The maximum atomic E-state index is 10.7. The lowest BCUT2D eigenvalue weighted by molar-refractivity contribution is -0.118. The molecule has 0 atom stereocenters. The Kier molecular flexibility index (Phi) is 18.7. The summed E-state index contributed by atoms with van der Waals surface area (Å²) in [6.45, 7) is 11.8. The van der Waals surface area contributed by atoms with E-state index in [9.17, 15) is 9.59 Å². The van der Waals surface area contributed by atoms with Gasteiger partial charge in [0, 0.05) is 12.8 Å². The van der Waals surface area contributed by atoms with Gasteiger partial charge < -0.3 is 0 Å². The average molecular weight is 355 g/mol. The fourth-order valence-corrected chi connectivity index (χ4v) is 1.91. The van der Waals surface area contributed by atoms with Crippen LogP contribution in [0.1, 0.15) is 65.5 Å². The van der Waals surface area contributed by atoms with E-state index in [0.717, 1.165) is 23.0 Å². The van der Waals surface area contributed by atoms with E-state index < -0.39 is 0 Å². The molecule has 0 unspecified atom stereocenters. The SMILES string of the molecule is CC.CC.CCC(=O)CC.O=CC=C(c1ccccc1)c1ccccc1. The Hall–Kier alpha value is -2.48. The molecule has 0 aliphatic rings. The van der Waals surface area contributed by atoms with Crippen molar-refractivity contribution >= 4 is 17.6 Å². The molecule has 2 aromatic rings. The van der Waals surface area contributed by atoms with Crippen LogP contribution in [-0.2, 0) is 9.59 Å². The molecular formula is C24H34O2. The molecule has 142 valence electrons.